The molecule has 1 aromatic heterocycles. The molecule has 1 amide bonds. The molecule has 1 N–H and O–H groups in total. The lowest BCUT2D eigenvalue weighted by molar-refractivity contribution is 0.102. The number of hydrogen-bond donors (Lipinski definition) is 1. The summed E-state index contributed by atoms with van der Waals surface area (Å²) in [4.78, 5) is 25.6. The molecule has 0 fully saturated rings. The van der Waals surface area contributed by atoms with Crippen LogP contribution in [0.15, 0.2) is 47.4 Å². The van der Waals surface area contributed by atoms with E-state index < -0.39 is 5.91 Å². The molecule has 5 nitrogen and oxygen atoms in total. The maximum absolute atomic E-state index is 12.9. The molecule has 3 aromatic rings. The van der Waals surface area contributed by atoms with E-state index in [1.807, 2.05) is 16.7 Å². The summed E-state index contributed by atoms with van der Waals surface area (Å²) < 4.78 is 7.11. The molecule has 132 valence electrons. The number of ether oxygens (including phenoxy) is 1. The van der Waals surface area contributed by atoms with Crippen LogP contribution in [-0.4, -0.2) is 17.6 Å². The van der Waals surface area contributed by atoms with Gasteiger partial charge in [0, 0.05) is 23.8 Å². The third-order valence-electron chi connectivity index (χ3n) is 4.68. The van der Waals surface area contributed by atoms with E-state index in [0.29, 0.717) is 21.8 Å². The lowest BCUT2D eigenvalue weighted by Gasteiger charge is -2.20. The van der Waals surface area contributed by atoms with Crippen molar-refractivity contribution in [3.05, 3.63) is 69.0 Å². The normalized spacial score (nSPS) is 12.8. The first kappa shape index (κ1) is 16.7. The number of aryl methyl sites for hydroxylation is 2. The lowest BCUT2D eigenvalue weighted by atomic mass is 10.00. The fourth-order valence-electron chi connectivity index (χ4n) is 3.46. The van der Waals surface area contributed by atoms with Gasteiger partial charge in [-0.25, -0.2) is 0 Å². The maximum Gasteiger partial charge on any atom is 0.261 e. The van der Waals surface area contributed by atoms with Gasteiger partial charge in [-0.2, -0.15) is 0 Å². The van der Waals surface area contributed by atoms with Crippen molar-refractivity contribution >= 4 is 34.1 Å². The van der Waals surface area contributed by atoms with Gasteiger partial charge >= 0.3 is 0 Å². The minimum absolute atomic E-state index is 0.128. The van der Waals surface area contributed by atoms with Crippen molar-refractivity contribution in [3.63, 3.8) is 0 Å². The minimum atomic E-state index is -0.446. The number of hydrogen-bond acceptors (Lipinski definition) is 3. The van der Waals surface area contributed by atoms with Gasteiger partial charge in [-0.05, 0) is 42.7 Å². The SMILES string of the molecule is COc1ccc(NC(=O)c2cn3c4c(cccc4c2=O)CCC3)cc1Cl. The van der Waals surface area contributed by atoms with Crippen LogP contribution in [0.1, 0.15) is 22.3 Å². The summed E-state index contributed by atoms with van der Waals surface area (Å²) in [6.45, 7) is 0.794. The van der Waals surface area contributed by atoms with Gasteiger partial charge in [-0.1, -0.05) is 23.7 Å². The number of nitrogens with zero attached hydrogens (tertiary/aromatic N) is 1. The molecule has 0 bridgehead atoms. The van der Waals surface area contributed by atoms with Crippen molar-refractivity contribution in [2.24, 2.45) is 0 Å². The predicted molar refractivity (Wildman–Crippen MR) is 102 cm³/mol. The molecule has 0 radical (unpaired) electrons. The van der Waals surface area contributed by atoms with E-state index in [1.54, 1.807) is 30.5 Å². The van der Waals surface area contributed by atoms with Crippen molar-refractivity contribution in [1.82, 2.24) is 4.57 Å². The van der Waals surface area contributed by atoms with E-state index in [4.69, 9.17) is 16.3 Å². The summed E-state index contributed by atoms with van der Waals surface area (Å²) in [6, 6.07) is 10.6. The van der Waals surface area contributed by atoms with E-state index in [-0.39, 0.29) is 11.0 Å². The van der Waals surface area contributed by atoms with Crippen LogP contribution < -0.4 is 15.5 Å². The number of aromatic nitrogens is 1. The summed E-state index contributed by atoms with van der Waals surface area (Å²) in [6.07, 6.45) is 3.60. The van der Waals surface area contributed by atoms with E-state index >= 15 is 0 Å². The Morgan fingerprint density at radius 1 is 1.27 bits per heavy atom. The van der Waals surface area contributed by atoms with Gasteiger partial charge in [0.2, 0.25) is 5.43 Å². The average molecular weight is 369 g/mol. The Bertz CT molecular complexity index is 1090. The Balaban J connectivity index is 1.75. The second-order valence-corrected chi connectivity index (χ2v) is 6.69. The third-order valence-corrected chi connectivity index (χ3v) is 4.98. The number of halogens is 1. The second-order valence-electron chi connectivity index (χ2n) is 6.29. The minimum Gasteiger partial charge on any atom is -0.495 e. The molecule has 0 spiro atoms. The number of para-hydroxylation sites is 1. The molecule has 1 aliphatic heterocycles. The highest BCUT2D eigenvalue weighted by Crippen LogP contribution is 2.28. The fraction of sp³-hybridized carbons (Fsp3) is 0.200. The topological polar surface area (TPSA) is 60.3 Å². The molecule has 0 saturated heterocycles. The molecular weight excluding hydrogens is 352 g/mol. The van der Waals surface area contributed by atoms with Crippen LogP contribution in [0.5, 0.6) is 5.75 Å². The van der Waals surface area contributed by atoms with Crippen LogP contribution >= 0.6 is 11.6 Å². The first-order valence-electron chi connectivity index (χ1n) is 8.38. The van der Waals surface area contributed by atoms with E-state index in [9.17, 15) is 9.59 Å². The third kappa shape index (κ3) is 2.74. The Hall–Kier alpha value is -2.79. The molecule has 0 unspecified atom stereocenters. The summed E-state index contributed by atoms with van der Waals surface area (Å²) >= 11 is 6.10. The fourth-order valence-corrected chi connectivity index (χ4v) is 3.72. The number of rotatable bonds is 3. The number of nitrogens with one attached hydrogen (secondary N) is 1. The standard InChI is InChI=1S/C20H17ClN2O3/c1-26-17-8-7-13(10-16(17)21)22-20(25)15-11-23-9-3-5-12-4-2-6-14(18(12)23)19(15)24/h2,4,6-8,10-11H,3,5,9H2,1H3,(H,22,25). The Labute approximate surface area is 155 Å². The zero-order valence-electron chi connectivity index (χ0n) is 14.2. The first-order chi connectivity index (χ1) is 12.6. The van der Waals surface area contributed by atoms with Crippen molar-refractivity contribution in [2.75, 3.05) is 12.4 Å². The van der Waals surface area contributed by atoms with Crippen molar-refractivity contribution in [1.29, 1.82) is 0 Å². The zero-order valence-corrected chi connectivity index (χ0v) is 15.0. The second kappa shape index (κ2) is 6.50. The van der Waals surface area contributed by atoms with Crippen LogP contribution in [0.4, 0.5) is 5.69 Å². The molecule has 6 heteroatoms. The largest absolute Gasteiger partial charge is 0.495 e. The summed E-state index contributed by atoms with van der Waals surface area (Å²) in [7, 11) is 1.52. The monoisotopic (exact) mass is 368 g/mol. The number of amides is 1. The molecule has 4 rings (SSSR count). The first-order valence-corrected chi connectivity index (χ1v) is 8.76. The number of methoxy groups -OCH3 is 1. The molecular formula is C20H17ClN2O3. The average Bonchev–Trinajstić information content (AvgIpc) is 2.64. The summed E-state index contributed by atoms with van der Waals surface area (Å²) in [5, 5.41) is 3.72. The Morgan fingerprint density at radius 2 is 2.12 bits per heavy atom. The highest BCUT2D eigenvalue weighted by Gasteiger charge is 2.19. The van der Waals surface area contributed by atoms with Gasteiger partial charge in [0.25, 0.3) is 5.91 Å². The van der Waals surface area contributed by atoms with Crippen molar-refractivity contribution < 1.29 is 9.53 Å². The number of carbonyl (C=O) groups excluding carboxylic acids is 1. The molecule has 1 aliphatic rings. The predicted octanol–water partition coefficient (Wildman–Crippen LogP) is 3.86. The van der Waals surface area contributed by atoms with Gasteiger partial charge < -0.3 is 14.6 Å². The van der Waals surface area contributed by atoms with Crippen molar-refractivity contribution in [3.8, 4) is 5.75 Å². The molecule has 2 heterocycles. The van der Waals surface area contributed by atoms with Crippen LogP contribution in [-0.2, 0) is 13.0 Å². The number of pyridine rings is 1. The molecule has 2 aromatic carbocycles. The van der Waals surface area contributed by atoms with Crippen LogP contribution in [0.25, 0.3) is 10.9 Å². The van der Waals surface area contributed by atoms with Gasteiger partial charge in [0.05, 0.1) is 17.6 Å². The summed E-state index contributed by atoms with van der Waals surface area (Å²) in [5.74, 6) is 0.0743. The smallest absolute Gasteiger partial charge is 0.261 e. The van der Waals surface area contributed by atoms with Gasteiger partial charge in [-0.15, -0.1) is 0 Å². The number of carbonyl (C=O) groups is 1. The lowest BCUT2D eigenvalue weighted by Crippen LogP contribution is -2.25. The maximum atomic E-state index is 12.9. The van der Waals surface area contributed by atoms with E-state index in [1.165, 1.54) is 7.11 Å². The molecule has 0 aliphatic carbocycles. The molecule has 0 atom stereocenters. The molecule has 26 heavy (non-hydrogen) atoms. The highest BCUT2D eigenvalue weighted by molar-refractivity contribution is 6.32. The highest BCUT2D eigenvalue weighted by atomic mass is 35.5. The van der Waals surface area contributed by atoms with Gasteiger partial charge in [-0.3, -0.25) is 9.59 Å². The van der Waals surface area contributed by atoms with Crippen molar-refractivity contribution in [2.45, 2.75) is 19.4 Å². The van der Waals surface area contributed by atoms with Crippen LogP contribution in [0, 0.1) is 0 Å². The Morgan fingerprint density at radius 3 is 2.88 bits per heavy atom. The molecule has 0 saturated carbocycles. The number of anilines is 1. The van der Waals surface area contributed by atoms with Crippen LogP contribution in [0.2, 0.25) is 5.02 Å². The zero-order chi connectivity index (χ0) is 18.3. The van der Waals surface area contributed by atoms with Gasteiger partial charge in [0.15, 0.2) is 0 Å². The Kier molecular flexibility index (Phi) is 4.17. The van der Waals surface area contributed by atoms with Gasteiger partial charge in [0.1, 0.15) is 11.3 Å². The quantitative estimate of drug-likeness (QED) is 0.763. The van der Waals surface area contributed by atoms with E-state index in [0.717, 1.165) is 30.5 Å². The summed E-state index contributed by atoms with van der Waals surface area (Å²) in [5.41, 5.74) is 2.47. The van der Waals surface area contributed by atoms with E-state index in [2.05, 4.69) is 5.32 Å². The van der Waals surface area contributed by atoms with Crippen LogP contribution in [0.3, 0.4) is 0 Å². The number of benzene rings is 2.